The highest BCUT2D eigenvalue weighted by molar-refractivity contribution is 5.65. The van der Waals surface area contributed by atoms with Crippen molar-refractivity contribution in [1.82, 2.24) is 19.5 Å². The number of anilines is 2. The van der Waals surface area contributed by atoms with Gasteiger partial charge in [-0.2, -0.15) is 0 Å². The summed E-state index contributed by atoms with van der Waals surface area (Å²) in [6.07, 6.45) is 3.53. The predicted octanol–water partition coefficient (Wildman–Crippen LogP) is 5.03. The van der Waals surface area contributed by atoms with Crippen molar-refractivity contribution in [3.05, 3.63) is 77.8 Å². The van der Waals surface area contributed by atoms with Crippen LogP contribution in [0.15, 0.2) is 48.9 Å². The third kappa shape index (κ3) is 4.72. The SMILES string of the molecule is COc1cc(Nc2nc(-c3cc(F)c(F)c(F)c3)cc(C(C)(C)O)n2)ccc1-n1cnc(C)c1. The molecular formula is C24H22F3N5O2. The number of aromatic nitrogens is 4. The summed E-state index contributed by atoms with van der Waals surface area (Å²) in [6.45, 7) is 4.90. The summed E-state index contributed by atoms with van der Waals surface area (Å²) < 4.78 is 48.4. The summed E-state index contributed by atoms with van der Waals surface area (Å²) in [5, 5.41) is 13.5. The fraction of sp³-hybridized carbons (Fsp3) is 0.208. The highest BCUT2D eigenvalue weighted by Gasteiger charge is 2.22. The molecule has 0 radical (unpaired) electrons. The Hall–Kier alpha value is -3.92. The Morgan fingerprint density at radius 3 is 2.32 bits per heavy atom. The van der Waals surface area contributed by atoms with E-state index in [0.29, 0.717) is 11.4 Å². The second-order valence-corrected chi connectivity index (χ2v) is 8.21. The number of aliphatic hydroxyl groups is 1. The number of ether oxygens (including phenoxy) is 1. The standard InChI is InChI=1S/C24H22F3N5O2/c1-13-11-32(12-28-13)19-6-5-15(9-20(19)34-4)29-23-30-18(10-21(31-23)24(2,3)33)14-7-16(25)22(27)17(26)8-14/h5-12,33H,1-4H3,(H,29,30,31). The van der Waals surface area contributed by atoms with Gasteiger partial charge < -0.3 is 19.7 Å². The number of benzene rings is 2. The van der Waals surface area contributed by atoms with Crippen LogP contribution in [0, 0.1) is 24.4 Å². The Morgan fingerprint density at radius 2 is 1.74 bits per heavy atom. The van der Waals surface area contributed by atoms with Crippen molar-refractivity contribution < 1.29 is 23.0 Å². The molecule has 0 aliphatic rings. The van der Waals surface area contributed by atoms with Crippen LogP contribution in [-0.4, -0.2) is 31.7 Å². The molecule has 0 aliphatic heterocycles. The van der Waals surface area contributed by atoms with Gasteiger partial charge in [0.15, 0.2) is 17.5 Å². The van der Waals surface area contributed by atoms with E-state index in [4.69, 9.17) is 4.74 Å². The molecule has 0 spiro atoms. The van der Waals surface area contributed by atoms with Crippen LogP contribution in [0.5, 0.6) is 5.75 Å². The maximum Gasteiger partial charge on any atom is 0.228 e. The molecule has 4 rings (SSSR count). The van der Waals surface area contributed by atoms with Crippen molar-refractivity contribution in [2.24, 2.45) is 0 Å². The topological polar surface area (TPSA) is 85.1 Å². The lowest BCUT2D eigenvalue weighted by atomic mass is 10.0. The predicted molar refractivity (Wildman–Crippen MR) is 121 cm³/mol. The first kappa shape index (κ1) is 23.2. The minimum atomic E-state index is -1.57. The van der Waals surface area contributed by atoms with Crippen LogP contribution in [0.2, 0.25) is 0 Å². The number of hydrogen-bond acceptors (Lipinski definition) is 6. The number of aryl methyl sites for hydroxylation is 1. The maximum atomic E-state index is 13.8. The molecule has 0 bridgehead atoms. The summed E-state index contributed by atoms with van der Waals surface area (Å²) in [5.74, 6) is -3.65. The highest BCUT2D eigenvalue weighted by Crippen LogP contribution is 2.31. The number of imidazole rings is 1. The largest absolute Gasteiger partial charge is 0.494 e. The molecule has 176 valence electrons. The van der Waals surface area contributed by atoms with Gasteiger partial charge in [0.1, 0.15) is 11.4 Å². The van der Waals surface area contributed by atoms with Crippen LogP contribution < -0.4 is 10.1 Å². The van der Waals surface area contributed by atoms with Gasteiger partial charge in [0.25, 0.3) is 0 Å². The molecule has 0 saturated heterocycles. The fourth-order valence-corrected chi connectivity index (χ4v) is 3.32. The molecule has 0 unspecified atom stereocenters. The van der Waals surface area contributed by atoms with Gasteiger partial charge in [-0.1, -0.05) is 0 Å². The first-order valence-corrected chi connectivity index (χ1v) is 10.3. The number of rotatable bonds is 6. The number of hydrogen-bond donors (Lipinski definition) is 2. The van der Waals surface area contributed by atoms with E-state index < -0.39 is 23.1 Å². The molecule has 0 amide bonds. The maximum absolute atomic E-state index is 13.8. The summed E-state index contributed by atoms with van der Waals surface area (Å²) in [6, 6.07) is 8.37. The number of nitrogens with zero attached hydrogens (tertiary/aromatic N) is 4. The summed E-state index contributed by atoms with van der Waals surface area (Å²) >= 11 is 0. The van der Waals surface area contributed by atoms with Gasteiger partial charge in [0.05, 0.1) is 36.2 Å². The average molecular weight is 469 g/mol. The van der Waals surface area contributed by atoms with Crippen molar-refractivity contribution in [3.63, 3.8) is 0 Å². The molecule has 2 N–H and O–H groups in total. The Kier molecular flexibility index (Phi) is 6.01. The van der Waals surface area contributed by atoms with Crippen molar-refractivity contribution >= 4 is 11.6 Å². The molecule has 34 heavy (non-hydrogen) atoms. The number of halogens is 3. The van der Waals surface area contributed by atoms with Gasteiger partial charge in [0, 0.05) is 23.5 Å². The van der Waals surface area contributed by atoms with E-state index >= 15 is 0 Å². The molecule has 4 aromatic rings. The van der Waals surface area contributed by atoms with Gasteiger partial charge in [0.2, 0.25) is 5.95 Å². The van der Waals surface area contributed by atoms with Gasteiger partial charge in [-0.05, 0) is 51.1 Å². The first-order chi connectivity index (χ1) is 16.0. The highest BCUT2D eigenvalue weighted by atomic mass is 19.2. The third-order valence-electron chi connectivity index (χ3n) is 5.06. The number of nitrogens with one attached hydrogen (secondary N) is 1. The Bertz CT molecular complexity index is 1340. The number of methoxy groups -OCH3 is 1. The molecule has 10 heteroatoms. The lowest BCUT2D eigenvalue weighted by Gasteiger charge is -2.19. The summed E-state index contributed by atoms with van der Waals surface area (Å²) in [5.41, 5.74) is 1.09. The van der Waals surface area contributed by atoms with Gasteiger partial charge in [-0.25, -0.2) is 28.1 Å². The Balaban J connectivity index is 1.75. The zero-order valence-corrected chi connectivity index (χ0v) is 18.9. The fourth-order valence-electron chi connectivity index (χ4n) is 3.32. The van der Waals surface area contributed by atoms with E-state index in [-0.39, 0.29) is 22.9 Å². The lowest BCUT2D eigenvalue weighted by molar-refractivity contribution is 0.0739. The molecule has 2 aromatic carbocycles. The molecule has 0 saturated carbocycles. The van der Waals surface area contributed by atoms with Crippen LogP contribution in [0.25, 0.3) is 16.9 Å². The van der Waals surface area contributed by atoms with Gasteiger partial charge >= 0.3 is 0 Å². The van der Waals surface area contributed by atoms with Crippen molar-refractivity contribution in [2.75, 3.05) is 12.4 Å². The van der Waals surface area contributed by atoms with E-state index in [0.717, 1.165) is 23.5 Å². The normalized spacial score (nSPS) is 11.5. The minimum Gasteiger partial charge on any atom is -0.494 e. The minimum absolute atomic E-state index is 0.00393. The Labute approximate surface area is 193 Å². The summed E-state index contributed by atoms with van der Waals surface area (Å²) in [4.78, 5) is 12.9. The lowest BCUT2D eigenvalue weighted by Crippen LogP contribution is -2.19. The van der Waals surface area contributed by atoms with Gasteiger partial charge in [-0.3, -0.25) is 0 Å². The van der Waals surface area contributed by atoms with E-state index in [1.807, 2.05) is 23.8 Å². The van der Waals surface area contributed by atoms with Crippen LogP contribution in [0.4, 0.5) is 24.8 Å². The van der Waals surface area contributed by atoms with Crippen molar-refractivity contribution in [1.29, 1.82) is 0 Å². The van der Waals surface area contributed by atoms with E-state index in [9.17, 15) is 18.3 Å². The van der Waals surface area contributed by atoms with Crippen molar-refractivity contribution in [2.45, 2.75) is 26.4 Å². The molecule has 0 fully saturated rings. The molecule has 0 aliphatic carbocycles. The third-order valence-corrected chi connectivity index (χ3v) is 5.06. The second kappa shape index (κ2) is 8.79. The van der Waals surface area contributed by atoms with Crippen LogP contribution >= 0.6 is 0 Å². The molecule has 2 aromatic heterocycles. The van der Waals surface area contributed by atoms with Crippen LogP contribution in [-0.2, 0) is 5.60 Å². The zero-order chi connectivity index (χ0) is 24.6. The van der Waals surface area contributed by atoms with Crippen molar-refractivity contribution in [3.8, 4) is 22.7 Å². The quantitative estimate of drug-likeness (QED) is 0.385. The molecular weight excluding hydrogens is 447 g/mol. The second-order valence-electron chi connectivity index (χ2n) is 8.21. The van der Waals surface area contributed by atoms with Gasteiger partial charge in [-0.15, -0.1) is 0 Å². The Morgan fingerprint density at radius 1 is 1.03 bits per heavy atom. The van der Waals surface area contributed by atoms with Crippen LogP contribution in [0.3, 0.4) is 0 Å². The van der Waals surface area contributed by atoms with E-state index in [2.05, 4.69) is 20.3 Å². The first-order valence-electron chi connectivity index (χ1n) is 10.3. The summed E-state index contributed by atoms with van der Waals surface area (Å²) in [7, 11) is 1.54. The molecule has 2 heterocycles. The monoisotopic (exact) mass is 469 g/mol. The zero-order valence-electron chi connectivity index (χ0n) is 18.9. The van der Waals surface area contributed by atoms with Crippen LogP contribution in [0.1, 0.15) is 25.2 Å². The smallest absolute Gasteiger partial charge is 0.228 e. The molecule has 0 atom stereocenters. The van der Waals surface area contributed by atoms with E-state index in [1.54, 1.807) is 18.5 Å². The average Bonchev–Trinajstić information content (AvgIpc) is 3.22. The molecule has 7 nitrogen and oxygen atoms in total. The van der Waals surface area contributed by atoms with E-state index in [1.165, 1.54) is 27.0 Å².